The van der Waals surface area contributed by atoms with Gasteiger partial charge in [0.25, 0.3) is 0 Å². The SMILES string of the molecule is Cc1ccc(NC(=O)C(N)C(C)C)c(Br)c1. The van der Waals surface area contributed by atoms with Crippen LogP contribution < -0.4 is 11.1 Å². The first-order valence-electron chi connectivity index (χ1n) is 5.24. The Bertz CT molecular complexity index is 391. The van der Waals surface area contributed by atoms with Gasteiger partial charge in [-0.3, -0.25) is 4.79 Å². The number of amides is 1. The number of carbonyl (C=O) groups excluding carboxylic acids is 1. The van der Waals surface area contributed by atoms with Gasteiger partial charge in [-0.05, 0) is 46.5 Å². The summed E-state index contributed by atoms with van der Waals surface area (Å²) >= 11 is 3.41. The van der Waals surface area contributed by atoms with Gasteiger partial charge in [-0.15, -0.1) is 0 Å². The molecule has 0 aliphatic rings. The van der Waals surface area contributed by atoms with Crippen molar-refractivity contribution in [2.75, 3.05) is 5.32 Å². The maximum absolute atomic E-state index is 11.7. The summed E-state index contributed by atoms with van der Waals surface area (Å²) in [6.45, 7) is 5.85. The molecule has 16 heavy (non-hydrogen) atoms. The van der Waals surface area contributed by atoms with Gasteiger partial charge in [0.05, 0.1) is 11.7 Å². The van der Waals surface area contributed by atoms with Crippen LogP contribution in [0.3, 0.4) is 0 Å². The van der Waals surface area contributed by atoms with Gasteiger partial charge >= 0.3 is 0 Å². The van der Waals surface area contributed by atoms with E-state index in [0.717, 1.165) is 15.7 Å². The average Bonchev–Trinajstić information content (AvgIpc) is 2.20. The molecule has 3 nitrogen and oxygen atoms in total. The highest BCUT2D eigenvalue weighted by Crippen LogP contribution is 2.23. The summed E-state index contributed by atoms with van der Waals surface area (Å²) < 4.78 is 0.872. The Morgan fingerprint density at radius 3 is 2.56 bits per heavy atom. The molecule has 0 fully saturated rings. The topological polar surface area (TPSA) is 55.1 Å². The van der Waals surface area contributed by atoms with E-state index < -0.39 is 6.04 Å². The Hall–Kier alpha value is -0.870. The van der Waals surface area contributed by atoms with Crippen LogP contribution in [0.25, 0.3) is 0 Å². The van der Waals surface area contributed by atoms with E-state index in [1.54, 1.807) is 0 Å². The molecule has 1 unspecified atom stereocenters. The van der Waals surface area contributed by atoms with Crippen LogP contribution in [0, 0.1) is 12.8 Å². The molecule has 1 rings (SSSR count). The van der Waals surface area contributed by atoms with Crippen LogP contribution in [-0.4, -0.2) is 11.9 Å². The number of hydrogen-bond donors (Lipinski definition) is 2. The number of nitrogens with two attached hydrogens (primary N) is 1. The van der Waals surface area contributed by atoms with Crippen LogP contribution in [0.2, 0.25) is 0 Å². The van der Waals surface area contributed by atoms with Crippen molar-refractivity contribution < 1.29 is 4.79 Å². The third kappa shape index (κ3) is 3.32. The first-order chi connectivity index (χ1) is 7.41. The molecule has 0 aliphatic heterocycles. The van der Waals surface area contributed by atoms with Crippen molar-refractivity contribution in [3.8, 4) is 0 Å². The number of benzene rings is 1. The Balaban J connectivity index is 2.77. The van der Waals surface area contributed by atoms with E-state index >= 15 is 0 Å². The zero-order valence-electron chi connectivity index (χ0n) is 9.75. The van der Waals surface area contributed by atoms with Crippen molar-refractivity contribution in [1.29, 1.82) is 0 Å². The molecule has 1 atom stereocenters. The van der Waals surface area contributed by atoms with E-state index in [1.165, 1.54) is 0 Å². The molecule has 3 N–H and O–H groups in total. The fourth-order valence-corrected chi connectivity index (χ4v) is 1.83. The minimum absolute atomic E-state index is 0.129. The van der Waals surface area contributed by atoms with Gasteiger partial charge in [0.1, 0.15) is 0 Å². The first kappa shape index (κ1) is 13.2. The smallest absolute Gasteiger partial charge is 0.241 e. The number of halogens is 1. The summed E-state index contributed by atoms with van der Waals surface area (Å²) in [4.78, 5) is 11.7. The summed E-state index contributed by atoms with van der Waals surface area (Å²) in [5.41, 5.74) is 7.65. The van der Waals surface area contributed by atoms with Crippen molar-refractivity contribution in [2.24, 2.45) is 11.7 Å². The van der Waals surface area contributed by atoms with E-state index in [0.29, 0.717) is 0 Å². The summed E-state index contributed by atoms with van der Waals surface area (Å²) in [6.07, 6.45) is 0. The largest absolute Gasteiger partial charge is 0.324 e. The molecule has 1 amide bonds. The zero-order chi connectivity index (χ0) is 12.3. The van der Waals surface area contributed by atoms with Crippen molar-refractivity contribution in [3.63, 3.8) is 0 Å². The summed E-state index contributed by atoms with van der Waals surface area (Å²) in [5, 5.41) is 2.81. The predicted octanol–water partition coefficient (Wildman–Crippen LogP) is 2.68. The minimum atomic E-state index is -0.479. The van der Waals surface area contributed by atoms with E-state index in [4.69, 9.17) is 5.73 Å². The first-order valence-corrected chi connectivity index (χ1v) is 6.03. The molecule has 1 aromatic carbocycles. The monoisotopic (exact) mass is 284 g/mol. The standard InChI is InChI=1S/C12H17BrN2O/c1-7(2)11(14)12(16)15-10-5-4-8(3)6-9(10)13/h4-7,11H,14H2,1-3H3,(H,15,16). The highest BCUT2D eigenvalue weighted by Gasteiger charge is 2.17. The van der Waals surface area contributed by atoms with Gasteiger partial charge in [0.15, 0.2) is 0 Å². The predicted molar refractivity (Wildman–Crippen MR) is 70.3 cm³/mol. The molecule has 0 aliphatic carbocycles. The van der Waals surface area contributed by atoms with Crippen LogP contribution in [0.5, 0.6) is 0 Å². The summed E-state index contributed by atoms with van der Waals surface area (Å²) in [6, 6.07) is 5.29. The van der Waals surface area contributed by atoms with Crippen LogP contribution in [-0.2, 0) is 4.79 Å². The second-order valence-corrected chi connectivity index (χ2v) is 5.10. The number of nitrogens with one attached hydrogen (secondary N) is 1. The fourth-order valence-electron chi connectivity index (χ4n) is 1.24. The number of hydrogen-bond acceptors (Lipinski definition) is 2. The summed E-state index contributed by atoms with van der Waals surface area (Å²) in [5.74, 6) is -0.0243. The van der Waals surface area contributed by atoms with Crippen molar-refractivity contribution in [2.45, 2.75) is 26.8 Å². The summed E-state index contributed by atoms with van der Waals surface area (Å²) in [7, 11) is 0. The molecule has 1 aromatic rings. The molecule has 0 bridgehead atoms. The van der Waals surface area contributed by atoms with Crippen molar-refractivity contribution in [1.82, 2.24) is 0 Å². The third-order valence-electron chi connectivity index (χ3n) is 2.40. The lowest BCUT2D eigenvalue weighted by molar-refractivity contribution is -0.118. The van der Waals surface area contributed by atoms with Crippen LogP contribution in [0.4, 0.5) is 5.69 Å². The molecule has 0 spiro atoms. The van der Waals surface area contributed by atoms with Gasteiger partial charge in [0.2, 0.25) is 5.91 Å². The second-order valence-electron chi connectivity index (χ2n) is 4.24. The maximum Gasteiger partial charge on any atom is 0.241 e. The Kier molecular flexibility index (Phi) is 4.50. The molecule has 0 heterocycles. The maximum atomic E-state index is 11.7. The molecule has 0 aromatic heterocycles. The molecule has 88 valence electrons. The van der Waals surface area contributed by atoms with Crippen LogP contribution in [0.1, 0.15) is 19.4 Å². The van der Waals surface area contributed by atoms with Crippen LogP contribution >= 0.6 is 15.9 Å². The zero-order valence-corrected chi connectivity index (χ0v) is 11.3. The molecule has 4 heteroatoms. The lowest BCUT2D eigenvalue weighted by Crippen LogP contribution is -2.39. The normalized spacial score (nSPS) is 12.6. The average molecular weight is 285 g/mol. The van der Waals surface area contributed by atoms with E-state index in [2.05, 4.69) is 21.2 Å². The van der Waals surface area contributed by atoms with Gasteiger partial charge < -0.3 is 11.1 Å². The Morgan fingerprint density at radius 1 is 1.44 bits per heavy atom. The molecule has 0 saturated heterocycles. The van der Waals surface area contributed by atoms with Gasteiger partial charge in [0, 0.05) is 4.47 Å². The number of anilines is 1. The minimum Gasteiger partial charge on any atom is -0.324 e. The van der Waals surface area contributed by atoms with Gasteiger partial charge in [-0.1, -0.05) is 19.9 Å². The quantitative estimate of drug-likeness (QED) is 0.897. The number of aryl methyl sites for hydroxylation is 1. The molecular formula is C12H17BrN2O. The third-order valence-corrected chi connectivity index (χ3v) is 3.06. The Labute approximate surface area is 105 Å². The lowest BCUT2D eigenvalue weighted by Gasteiger charge is -2.16. The highest BCUT2D eigenvalue weighted by molar-refractivity contribution is 9.10. The van der Waals surface area contributed by atoms with E-state index in [1.807, 2.05) is 39.0 Å². The van der Waals surface area contributed by atoms with E-state index in [-0.39, 0.29) is 11.8 Å². The van der Waals surface area contributed by atoms with Crippen molar-refractivity contribution in [3.05, 3.63) is 28.2 Å². The number of rotatable bonds is 3. The van der Waals surface area contributed by atoms with Gasteiger partial charge in [-0.2, -0.15) is 0 Å². The molecular weight excluding hydrogens is 268 g/mol. The Morgan fingerprint density at radius 2 is 2.06 bits per heavy atom. The number of carbonyl (C=O) groups is 1. The highest BCUT2D eigenvalue weighted by atomic mass is 79.9. The molecule has 0 saturated carbocycles. The molecule has 0 radical (unpaired) electrons. The second kappa shape index (κ2) is 5.46. The fraction of sp³-hybridized carbons (Fsp3) is 0.417. The van der Waals surface area contributed by atoms with Gasteiger partial charge in [-0.25, -0.2) is 0 Å². The van der Waals surface area contributed by atoms with Crippen LogP contribution in [0.15, 0.2) is 22.7 Å². The van der Waals surface area contributed by atoms with Crippen molar-refractivity contribution >= 4 is 27.5 Å². The lowest BCUT2D eigenvalue weighted by atomic mass is 10.0. The van der Waals surface area contributed by atoms with E-state index in [9.17, 15) is 4.79 Å².